The highest BCUT2D eigenvalue weighted by Crippen LogP contribution is 2.25. The first-order chi connectivity index (χ1) is 11.3. The zero-order valence-corrected chi connectivity index (χ0v) is 13.5. The van der Waals surface area contributed by atoms with Crippen LogP contribution in [0.25, 0.3) is 10.9 Å². The molecule has 23 heavy (non-hydrogen) atoms. The minimum Gasteiger partial charge on any atom is -0.356 e. The summed E-state index contributed by atoms with van der Waals surface area (Å²) in [6, 6.07) is 12.1. The number of hydrogen-bond donors (Lipinski definition) is 1. The van der Waals surface area contributed by atoms with Gasteiger partial charge >= 0.3 is 0 Å². The third-order valence-corrected chi connectivity index (χ3v) is 3.82. The van der Waals surface area contributed by atoms with Gasteiger partial charge in [-0.1, -0.05) is 18.2 Å². The highest BCUT2D eigenvalue weighted by molar-refractivity contribution is 5.90. The van der Waals surface area contributed by atoms with Crippen LogP contribution in [0.1, 0.15) is 19.4 Å². The van der Waals surface area contributed by atoms with Gasteiger partial charge in [0, 0.05) is 37.4 Å². The van der Waals surface area contributed by atoms with Crippen molar-refractivity contribution in [1.82, 2.24) is 15.0 Å². The number of para-hydroxylation sites is 1. The molecule has 0 aliphatic carbocycles. The number of rotatable bonds is 6. The Bertz CT molecular complexity index is 769. The van der Waals surface area contributed by atoms with Crippen LogP contribution in [-0.4, -0.2) is 28.0 Å². The minimum absolute atomic E-state index is 0.648. The van der Waals surface area contributed by atoms with Crippen LogP contribution in [0.15, 0.2) is 48.8 Å². The maximum Gasteiger partial charge on any atom is 0.225 e. The second kappa shape index (κ2) is 7.05. The molecule has 0 unspecified atom stereocenters. The van der Waals surface area contributed by atoms with E-state index in [1.165, 1.54) is 0 Å². The highest BCUT2D eigenvalue weighted by atomic mass is 15.2. The summed E-state index contributed by atoms with van der Waals surface area (Å²) in [5.74, 6) is 1.63. The molecule has 0 saturated carbocycles. The van der Waals surface area contributed by atoms with Crippen LogP contribution in [-0.2, 0) is 6.54 Å². The number of nitrogens with zero attached hydrogens (tertiary/aromatic N) is 4. The molecule has 2 heterocycles. The van der Waals surface area contributed by atoms with Crippen molar-refractivity contribution in [2.45, 2.75) is 20.4 Å². The Labute approximate surface area is 136 Å². The normalized spacial score (nSPS) is 10.7. The Morgan fingerprint density at radius 3 is 2.57 bits per heavy atom. The molecule has 3 aromatic rings. The molecular formula is C18H21N5. The van der Waals surface area contributed by atoms with Crippen LogP contribution in [0.4, 0.5) is 11.8 Å². The Hall–Kier alpha value is -2.69. The number of fused-ring (bicyclic) bond motifs is 1. The minimum atomic E-state index is 0.648. The topological polar surface area (TPSA) is 53.9 Å². The molecule has 0 aliphatic rings. The summed E-state index contributed by atoms with van der Waals surface area (Å²) >= 11 is 0. The van der Waals surface area contributed by atoms with Crippen molar-refractivity contribution < 1.29 is 0 Å². The van der Waals surface area contributed by atoms with Crippen molar-refractivity contribution in [1.29, 1.82) is 0 Å². The molecule has 0 spiro atoms. The standard InChI is InChI=1S/C18H21N5/c1-3-23(4-2)17-15-9-5-6-10-16(15)21-18(22-17)20-13-14-8-7-11-19-12-14/h5-12H,3-4,13H2,1-2H3,(H,20,21,22). The Balaban J connectivity index is 1.94. The van der Waals surface area contributed by atoms with Crippen LogP contribution >= 0.6 is 0 Å². The van der Waals surface area contributed by atoms with Gasteiger partial charge in [-0.3, -0.25) is 4.98 Å². The van der Waals surface area contributed by atoms with E-state index in [1.807, 2.05) is 36.5 Å². The van der Waals surface area contributed by atoms with Crippen molar-refractivity contribution >= 4 is 22.7 Å². The van der Waals surface area contributed by atoms with E-state index in [-0.39, 0.29) is 0 Å². The number of anilines is 2. The SMILES string of the molecule is CCN(CC)c1nc(NCc2cccnc2)nc2ccccc12. The van der Waals surface area contributed by atoms with Gasteiger partial charge < -0.3 is 10.2 Å². The van der Waals surface area contributed by atoms with Gasteiger partial charge in [0.1, 0.15) is 5.82 Å². The quantitative estimate of drug-likeness (QED) is 0.755. The molecule has 5 nitrogen and oxygen atoms in total. The summed E-state index contributed by atoms with van der Waals surface area (Å²) in [5, 5.41) is 4.39. The molecule has 0 radical (unpaired) electrons. The van der Waals surface area contributed by atoms with E-state index in [0.717, 1.165) is 35.4 Å². The number of nitrogens with one attached hydrogen (secondary N) is 1. The fraction of sp³-hybridized carbons (Fsp3) is 0.278. The van der Waals surface area contributed by atoms with E-state index in [0.29, 0.717) is 12.5 Å². The van der Waals surface area contributed by atoms with Gasteiger partial charge in [0.2, 0.25) is 5.95 Å². The fourth-order valence-electron chi connectivity index (χ4n) is 2.59. The van der Waals surface area contributed by atoms with Gasteiger partial charge in [0.15, 0.2) is 0 Å². The molecule has 0 atom stereocenters. The van der Waals surface area contributed by atoms with E-state index in [2.05, 4.69) is 40.1 Å². The smallest absolute Gasteiger partial charge is 0.225 e. The third-order valence-electron chi connectivity index (χ3n) is 3.82. The van der Waals surface area contributed by atoms with Gasteiger partial charge in [0.25, 0.3) is 0 Å². The Kier molecular flexibility index (Phi) is 4.66. The number of aromatic nitrogens is 3. The molecule has 118 valence electrons. The molecule has 1 N–H and O–H groups in total. The van der Waals surface area contributed by atoms with E-state index in [4.69, 9.17) is 4.98 Å². The number of pyridine rings is 1. The molecular weight excluding hydrogens is 286 g/mol. The van der Waals surface area contributed by atoms with Gasteiger partial charge in [-0.2, -0.15) is 4.98 Å². The first kappa shape index (κ1) is 15.2. The van der Waals surface area contributed by atoms with Gasteiger partial charge in [-0.25, -0.2) is 4.98 Å². The summed E-state index contributed by atoms with van der Waals surface area (Å²) < 4.78 is 0. The summed E-state index contributed by atoms with van der Waals surface area (Å²) in [4.78, 5) is 15.8. The summed E-state index contributed by atoms with van der Waals surface area (Å²) in [6.07, 6.45) is 3.62. The van der Waals surface area contributed by atoms with Crippen LogP contribution in [0, 0.1) is 0 Å². The lowest BCUT2D eigenvalue weighted by atomic mass is 10.2. The summed E-state index contributed by atoms with van der Waals surface area (Å²) in [5.41, 5.74) is 2.06. The second-order valence-corrected chi connectivity index (χ2v) is 5.28. The predicted octanol–water partition coefficient (Wildman–Crippen LogP) is 3.48. The van der Waals surface area contributed by atoms with Gasteiger partial charge in [-0.15, -0.1) is 0 Å². The largest absolute Gasteiger partial charge is 0.356 e. The summed E-state index contributed by atoms with van der Waals surface area (Å²) in [7, 11) is 0. The third kappa shape index (κ3) is 3.39. The van der Waals surface area contributed by atoms with Crippen LogP contribution < -0.4 is 10.2 Å². The molecule has 3 rings (SSSR count). The molecule has 0 amide bonds. The van der Waals surface area contributed by atoms with E-state index in [9.17, 15) is 0 Å². The van der Waals surface area contributed by atoms with Crippen molar-refractivity contribution in [2.75, 3.05) is 23.3 Å². The summed E-state index contributed by atoms with van der Waals surface area (Å²) in [6.45, 7) is 6.77. The van der Waals surface area contributed by atoms with Crippen molar-refractivity contribution in [3.63, 3.8) is 0 Å². The zero-order valence-electron chi connectivity index (χ0n) is 13.5. The first-order valence-corrected chi connectivity index (χ1v) is 7.96. The lowest BCUT2D eigenvalue weighted by Gasteiger charge is -2.22. The highest BCUT2D eigenvalue weighted by Gasteiger charge is 2.12. The molecule has 1 aromatic carbocycles. The average Bonchev–Trinajstić information content (AvgIpc) is 2.62. The van der Waals surface area contributed by atoms with E-state index >= 15 is 0 Å². The maximum atomic E-state index is 4.74. The fourth-order valence-corrected chi connectivity index (χ4v) is 2.59. The maximum absolute atomic E-state index is 4.74. The van der Waals surface area contributed by atoms with Gasteiger partial charge in [0.05, 0.1) is 5.52 Å². The van der Waals surface area contributed by atoms with Crippen molar-refractivity contribution in [3.8, 4) is 0 Å². The number of benzene rings is 1. The lowest BCUT2D eigenvalue weighted by Crippen LogP contribution is -2.24. The van der Waals surface area contributed by atoms with E-state index in [1.54, 1.807) is 6.20 Å². The molecule has 2 aromatic heterocycles. The van der Waals surface area contributed by atoms with Crippen molar-refractivity contribution in [3.05, 3.63) is 54.4 Å². The number of hydrogen-bond acceptors (Lipinski definition) is 5. The van der Waals surface area contributed by atoms with Gasteiger partial charge in [-0.05, 0) is 37.6 Å². The molecule has 0 fully saturated rings. The van der Waals surface area contributed by atoms with Crippen LogP contribution in [0.2, 0.25) is 0 Å². The lowest BCUT2D eigenvalue weighted by molar-refractivity contribution is 0.848. The van der Waals surface area contributed by atoms with E-state index < -0.39 is 0 Å². The molecule has 0 bridgehead atoms. The zero-order chi connectivity index (χ0) is 16.1. The predicted molar refractivity (Wildman–Crippen MR) is 94.7 cm³/mol. The van der Waals surface area contributed by atoms with Crippen LogP contribution in [0.5, 0.6) is 0 Å². The molecule has 0 saturated heterocycles. The molecule has 5 heteroatoms. The Morgan fingerprint density at radius 2 is 1.83 bits per heavy atom. The van der Waals surface area contributed by atoms with Crippen LogP contribution in [0.3, 0.4) is 0 Å². The second-order valence-electron chi connectivity index (χ2n) is 5.28. The first-order valence-electron chi connectivity index (χ1n) is 7.96. The molecule has 0 aliphatic heterocycles. The monoisotopic (exact) mass is 307 g/mol. The average molecular weight is 307 g/mol. The Morgan fingerprint density at radius 1 is 1.00 bits per heavy atom. The van der Waals surface area contributed by atoms with Crippen molar-refractivity contribution in [2.24, 2.45) is 0 Å².